The van der Waals surface area contributed by atoms with Crippen molar-refractivity contribution in [1.29, 1.82) is 0 Å². The van der Waals surface area contributed by atoms with E-state index < -0.39 is 0 Å². The molecule has 8 nitrogen and oxygen atoms in total. The van der Waals surface area contributed by atoms with E-state index in [4.69, 9.17) is 11.6 Å². The maximum Gasteiger partial charge on any atom is 0.242 e. The van der Waals surface area contributed by atoms with Gasteiger partial charge in [0, 0.05) is 26.0 Å². The quantitative estimate of drug-likeness (QED) is 0.884. The van der Waals surface area contributed by atoms with Gasteiger partial charge in [-0.3, -0.25) is 9.36 Å². The van der Waals surface area contributed by atoms with Crippen LogP contribution in [-0.4, -0.2) is 50.0 Å². The number of imidazole rings is 1. The van der Waals surface area contributed by atoms with Crippen molar-refractivity contribution in [2.45, 2.75) is 18.9 Å². The van der Waals surface area contributed by atoms with Crippen LogP contribution in [0, 0.1) is 0 Å². The van der Waals surface area contributed by atoms with Gasteiger partial charge in [0.1, 0.15) is 12.4 Å². The van der Waals surface area contributed by atoms with Crippen molar-refractivity contribution < 1.29 is 4.79 Å². The van der Waals surface area contributed by atoms with Crippen LogP contribution in [0.3, 0.4) is 0 Å². The summed E-state index contributed by atoms with van der Waals surface area (Å²) in [7, 11) is 1.62. The number of carbonyl (C=O) groups is 1. The molecule has 110 valence electrons. The van der Waals surface area contributed by atoms with Crippen LogP contribution in [0.25, 0.3) is 5.95 Å². The molecule has 1 aliphatic heterocycles. The number of likely N-dealkylation sites (N-methyl/N-ethyl adjacent to an activating group) is 1. The molecule has 2 aromatic rings. The first-order chi connectivity index (χ1) is 10.2. The number of rotatable bonds is 3. The normalized spacial score (nSPS) is 18.0. The second-order valence-electron chi connectivity index (χ2n) is 4.64. The molecule has 0 radical (unpaired) electrons. The number of halogens is 1. The fourth-order valence-electron chi connectivity index (χ4n) is 2.40. The Labute approximate surface area is 126 Å². The zero-order valence-corrected chi connectivity index (χ0v) is 12.2. The Morgan fingerprint density at radius 1 is 1.38 bits per heavy atom. The van der Waals surface area contributed by atoms with Crippen LogP contribution >= 0.6 is 11.6 Å². The van der Waals surface area contributed by atoms with E-state index >= 15 is 0 Å². The van der Waals surface area contributed by atoms with Crippen molar-refractivity contribution in [1.82, 2.24) is 29.8 Å². The summed E-state index contributed by atoms with van der Waals surface area (Å²) in [5.41, 5.74) is 0. The Balaban J connectivity index is 1.97. The first-order valence-corrected chi connectivity index (χ1v) is 6.95. The van der Waals surface area contributed by atoms with Crippen LogP contribution < -0.4 is 10.2 Å². The maximum absolute atomic E-state index is 11.9. The van der Waals surface area contributed by atoms with Crippen LogP contribution in [0.4, 0.5) is 5.95 Å². The van der Waals surface area contributed by atoms with Crippen molar-refractivity contribution in [3.05, 3.63) is 24.0 Å². The van der Waals surface area contributed by atoms with Crippen LogP contribution in [0.5, 0.6) is 0 Å². The molecule has 21 heavy (non-hydrogen) atoms. The third-order valence-corrected chi connectivity index (χ3v) is 3.55. The summed E-state index contributed by atoms with van der Waals surface area (Å²) in [6.45, 7) is 0.710. The molecular weight excluding hydrogens is 294 g/mol. The minimum atomic E-state index is -0.274. The topological polar surface area (TPSA) is 88.8 Å². The highest BCUT2D eigenvalue weighted by Gasteiger charge is 2.32. The van der Waals surface area contributed by atoms with Gasteiger partial charge in [-0.1, -0.05) is 0 Å². The summed E-state index contributed by atoms with van der Waals surface area (Å²) >= 11 is 5.98. The first kappa shape index (κ1) is 13.7. The van der Waals surface area contributed by atoms with E-state index in [-0.39, 0.29) is 17.2 Å². The van der Waals surface area contributed by atoms with Gasteiger partial charge in [-0.15, -0.1) is 0 Å². The van der Waals surface area contributed by atoms with Gasteiger partial charge in [0.2, 0.25) is 23.1 Å². The van der Waals surface area contributed by atoms with E-state index in [9.17, 15) is 4.79 Å². The van der Waals surface area contributed by atoms with Gasteiger partial charge in [0.05, 0.1) is 0 Å². The van der Waals surface area contributed by atoms with Crippen LogP contribution in [0.15, 0.2) is 18.7 Å². The highest BCUT2D eigenvalue weighted by molar-refractivity contribution is 6.28. The lowest BCUT2D eigenvalue weighted by atomic mass is 10.2. The van der Waals surface area contributed by atoms with Gasteiger partial charge in [-0.2, -0.15) is 15.0 Å². The predicted octanol–water partition coefficient (Wildman–Crippen LogP) is 0.425. The molecule has 1 saturated heterocycles. The van der Waals surface area contributed by atoms with E-state index in [1.807, 2.05) is 4.90 Å². The maximum atomic E-state index is 11.9. The van der Waals surface area contributed by atoms with Crippen molar-refractivity contribution in [3.8, 4) is 5.95 Å². The van der Waals surface area contributed by atoms with E-state index in [2.05, 4.69) is 25.3 Å². The number of nitrogens with zero attached hydrogens (tertiary/aromatic N) is 6. The molecule has 1 N–H and O–H groups in total. The largest absolute Gasteiger partial charge is 0.357 e. The number of nitrogens with one attached hydrogen (secondary N) is 1. The van der Waals surface area contributed by atoms with E-state index in [1.165, 1.54) is 0 Å². The molecule has 1 fully saturated rings. The molecule has 3 rings (SSSR count). The molecule has 1 amide bonds. The van der Waals surface area contributed by atoms with Gasteiger partial charge >= 0.3 is 0 Å². The smallest absolute Gasteiger partial charge is 0.242 e. The number of amides is 1. The first-order valence-electron chi connectivity index (χ1n) is 6.57. The molecule has 1 aliphatic rings. The lowest BCUT2D eigenvalue weighted by Crippen LogP contribution is -2.42. The lowest BCUT2D eigenvalue weighted by molar-refractivity contribution is -0.121. The summed E-state index contributed by atoms with van der Waals surface area (Å²) in [6, 6.07) is -0.274. The van der Waals surface area contributed by atoms with Crippen molar-refractivity contribution in [2.75, 3.05) is 18.5 Å². The standard InChI is InChI=1S/C12H14ClN7O/c1-14-9(21)8-3-2-5-20(8)12-17-10(13)16-11(18-12)19-6-4-15-7-19/h4,6-8H,2-3,5H2,1H3,(H,14,21). The predicted molar refractivity (Wildman–Crippen MR) is 76.4 cm³/mol. The number of hydrogen-bond donors (Lipinski definition) is 1. The second-order valence-corrected chi connectivity index (χ2v) is 4.98. The number of aromatic nitrogens is 5. The second kappa shape index (κ2) is 5.65. The Morgan fingerprint density at radius 3 is 2.90 bits per heavy atom. The minimum absolute atomic E-state index is 0.0479. The molecule has 0 aromatic carbocycles. The summed E-state index contributed by atoms with van der Waals surface area (Å²) in [5.74, 6) is 0.739. The van der Waals surface area contributed by atoms with E-state index in [0.717, 1.165) is 12.8 Å². The van der Waals surface area contributed by atoms with Crippen molar-refractivity contribution in [3.63, 3.8) is 0 Å². The monoisotopic (exact) mass is 307 g/mol. The fourth-order valence-corrected chi connectivity index (χ4v) is 2.55. The minimum Gasteiger partial charge on any atom is -0.357 e. The van der Waals surface area contributed by atoms with Gasteiger partial charge < -0.3 is 10.2 Å². The van der Waals surface area contributed by atoms with Crippen molar-refractivity contribution >= 4 is 23.5 Å². The average Bonchev–Trinajstić information content (AvgIpc) is 3.16. The average molecular weight is 308 g/mol. The van der Waals surface area contributed by atoms with Gasteiger partial charge in [-0.05, 0) is 24.4 Å². The molecule has 0 bridgehead atoms. The van der Waals surface area contributed by atoms with Gasteiger partial charge in [-0.25, -0.2) is 4.98 Å². The third kappa shape index (κ3) is 2.66. The van der Waals surface area contributed by atoms with Crippen LogP contribution in [-0.2, 0) is 4.79 Å². The molecule has 0 saturated carbocycles. The molecular formula is C12H14ClN7O. The Bertz CT molecular complexity index is 645. The molecule has 0 aliphatic carbocycles. The van der Waals surface area contributed by atoms with Crippen molar-refractivity contribution in [2.24, 2.45) is 0 Å². The number of anilines is 1. The molecule has 9 heteroatoms. The number of hydrogen-bond acceptors (Lipinski definition) is 6. The Kier molecular flexibility index (Phi) is 3.70. The van der Waals surface area contributed by atoms with E-state index in [0.29, 0.717) is 18.4 Å². The highest BCUT2D eigenvalue weighted by atomic mass is 35.5. The van der Waals surface area contributed by atoms with Crippen LogP contribution in [0.1, 0.15) is 12.8 Å². The zero-order valence-electron chi connectivity index (χ0n) is 11.4. The highest BCUT2D eigenvalue weighted by Crippen LogP contribution is 2.23. The van der Waals surface area contributed by atoms with Crippen LogP contribution in [0.2, 0.25) is 5.28 Å². The molecule has 1 unspecified atom stereocenters. The summed E-state index contributed by atoms with van der Waals surface area (Å²) < 4.78 is 1.64. The van der Waals surface area contributed by atoms with Gasteiger partial charge in [0.25, 0.3) is 0 Å². The molecule has 2 aromatic heterocycles. The fraction of sp³-hybridized carbons (Fsp3) is 0.417. The Hall–Kier alpha value is -2.22. The molecule has 0 spiro atoms. The summed E-state index contributed by atoms with van der Waals surface area (Å²) in [5, 5.41) is 2.75. The number of carbonyl (C=O) groups excluding carboxylic acids is 1. The molecule has 1 atom stereocenters. The summed E-state index contributed by atoms with van der Waals surface area (Å²) in [6.07, 6.45) is 6.59. The van der Waals surface area contributed by atoms with E-state index in [1.54, 1.807) is 30.3 Å². The zero-order chi connectivity index (χ0) is 14.8. The SMILES string of the molecule is CNC(=O)C1CCCN1c1nc(Cl)nc(-n2ccnc2)n1. The lowest BCUT2D eigenvalue weighted by Gasteiger charge is -2.23. The summed E-state index contributed by atoms with van der Waals surface area (Å²) in [4.78, 5) is 30.3. The van der Waals surface area contributed by atoms with Gasteiger partial charge in [0.15, 0.2) is 0 Å². The Morgan fingerprint density at radius 2 is 2.19 bits per heavy atom. The molecule has 3 heterocycles. The third-order valence-electron chi connectivity index (χ3n) is 3.38.